The Morgan fingerprint density at radius 2 is 0.561 bits per heavy atom. The van der Waals surface area contributed by atoms with Gasteiger partial charge in [0.15, 0.2) is 12.2 Å². The van der Waals surface area contributed by atoms with Crippen molar-refractivity contribution >= 4 is 39.5 Å². The summed E-state index contributed by atoms with van der Waals surface area (Å²) in [6.45, 7) is 7.09. The fourth-order valence-corrected chi connectivity index (χ4v) is 11.0. The van der Waals surface area contributed by atoms with Gasteiger partial charge in [0.2, 0.25) is 0 Å². The van der Waals surface area contributed by atoms with E-state index in [1.165, 1.54) is 135 Å². The van der Waals surface area contributed by atoms with E-state index in [9.17, 15) is 43.2 Å². The second kappa shape index (κ2) is 56.8. The minimum absolute atomic E-state index is 0.105. The zero-order valence-corrected chi connectivity index (χ0v) is 54.4. The lowest BCUT2D eigenvalue weighted by atomic mass is 10.0. The first kappa shape index (κ1) is 80.1. The highest BCUT2D eigenvalue weighted by atomic mass is 31.2. The number of hydrogen-bond acceptors (Lipinski definition) is 15. The summed E-state index contributed by atoms with van der Waals surface area (Å²) >= 11 is 0. The summed E-state index contributed by atoms with van der Waals surface area (Å²) in [5, 5.41) is 10.5. The molecule has 82 heavy (non-hydrogen) atoms. The van der Waals surface area contributed by atoms with Crippen LogP contribution in [0.3, 0.4) is 0 Å². The average Bonchev–Trinajstić information content (AvgIpc) is 3.44. The summed E-state index contributed by atoms with van der Waals surface area (Å²) in [5.74, 6) is -1.45. The Hall–Kier alpha value is -1.94. The molecule has 486 valence electrons. The number of rotatable bonds is 63. The van der Waals surface area contributed by atoms with Gasteiger partial charge in [-0.2, -0.15) is 0 Å². The lowest BCUT2D eigenvalue weighted by Gasteiger charge is -2.21. The van der Waals surface area contributed by atoms with Crippen molar-refractivity contribution in [1.29, 1.82) is 0 Å². The number of unbranched alkanes of at least 4 members (excludes halogenated alkanes) is 35. The van der Waals surface area contributed by atoms with Crippen LogP contribution in [0.1, 0.15) is 317 Å². The fraction of sp³-hybridized carbons (Fsp3) is 0.937. The van der Waals surface area contributed by atoms with Crippen molar-refractivity contribution in [3.05, 3.63) is 0 Å². The van der Waals surface area contributed by atoms with Gasteiger partial charge in [0.1, 0.15) is 19.3 Å². The second-order valence-electron chi connectivity index (χ2n) is 23.3. The van der Waals surface area contributed by atoms with Gasteiger partial charge in [0, 0.05) is 25.7 Å². The first-order valence-corrected chi connectivity index (χ1v) is 36.1. The summed E-state index contributed by atoms with van der Waals surface area (Å²) in [7, 11) is -9.88. The summed E-state index contributed by atoms with van der Waals surface area (Å²) in [6, 6.07) is 0. The zero-order chi connectivity index (χ0) is 60.6. The van der Waals surface area contributed by atoms with E-state index in [1.807, 2.05) is 0 Å². The van der Waals surface area contributed by atoms with Gasteiger partial charge in [-0.25, -0.2) is 9.13 Å². The van der Waals surface area contributed by atoms with Crippen LogP contribution >= 0.6 is 15.6 Å². The Kier molecular flexibility index (Phi) is 55.5. The molecule has 0 bridgehead atoms. The molecular weight excluding hydrogens is 1090 g/mol. The van der Waals surface area contributed by atoms with Gasteiger partial charge in [-0.15, -0.1) is 0 Å². The molecule has 0 amide bonds. The van der Waals surface area contributed by atoms with Gasteiger partial charge < -0.3 is 33.8 Å². The number of carbonyl (C=O) groups is 4. The van der Waals surface area contributed by atoms with Crippen molar-refractivity contribution in [1.82, 2.24) is 0 Å². The highest BCUT2D eigenvalue weighted by molar-refractivity contribution is 7.47. The Morgan fingerprint density at radius 3 is 0.829 bits per heavy atom. The molecule has 0 aromatic heterocycles. The van der Waals surface area contributed by atoms with Crippen molar-refractivity contribution < 1.29 is 80.2 Å². The van der Waals surface area contributed by atoms with E-state index in [2.05, 4.69) is 34.6 Å². The number of esters is 4. The molecule has 0 rings (SSSR count). The number of phosphoric ester groups is 2. The van der Waals surface area contributed by atoms with Crippen LogP contribution in [0, 0.1) is 5.92 Å². The van der Waals surface area contributed by atoms with E-state index in [-0.39, 0.29) is 25.7 Å². The van der Waals surface area contributed by atoms with Crippen LogP contribution < -0.4 is 0 Å². The van der Waals surface area contributed by atoms with Crippen molar-refractivity contribution in [2.24, 2.45) is 5.92 Å². The summed E-state index contributed by atoms with van der Waals surface area (Å²) < 4.78 is 67.9. The van der Waals surface area contributed by atoms with Crippen LogP contribution in [0.2, 0.25) is 0 Å². The predicted molar refractivity (Wildman–Crippen MR) is 326 cm³/mol. The van der Waals surface area contributed by atoms with Crippen LogP contribution in [-0.4, -0.2) is 96.7 Å². The maximum absolute atomic E-state index is 13.0. The van der Waals surface area contributed by atoms with Crippen LogP contribution in [0.25, 0.3) is 0 Å². The van der Waals surface area contributed by atoms with Crippen LogP contribution in [0.5, 0.6) is 0 Å². The van der Waals surface area contributed by atoms with Crippen molar-refractivity contribution in [3.63, 3.8) is 0 Å². The molecule has 5 atom stereocenters. The number of aliphatic hydroxyl groups is 1. The first-order chi connectivity index (χ1) is 39.5. The van der Waals surface area contributed by atoms with Crippen molar-refractivity contribution in [2.45, 2.75) is 335 Å². The minimum atomic E-state index is -4.94. The maximum Gasteiger partial charge on any atom is 0.472 e. The SMILES string of the molecule is CCCCCCCCCCCCCCCC(=O)O[C@H](COC(=O)CCCCCCCCCCCC)COP(=O)(O)OC[C@@H](O)COP(=O)(O)OC[C@@H](COC(=O)CCCCCCCCC(C)C)OC(=O)CCCCCCCCCCCC. The number of ether oxygens (including phenoxy) is 4. The molecule has 0 aromatic rings. The summed E-state index contributed by atoms with van der Waals surface area (Å²) in [4.78, 5) is 72.1. The topological polar surface area (TPSA) is 237 Å². The monoisotopic (exact) mass is 1210 g/mol. The Balaban J connectivity index is 5.23. The number of phosphoric acid groups is 2. The lowest BCUT2D eigenvalue weighted by molar-refractivity contribution is -0.161. The third kappa shape index (κ3) is 57.2. The Labute approximate surface area is 498 Å². The molecule has 3 N–H and O–H groups in total. The van der Waals surface area contributed by atoms with E-state index in [1.54, 1.807) is 0 Å². The van der Waals surface area contributed by atoms with E-state index in [0.717, 1.165) is 96.3 Å². The number of carbonyl (C=O) groups excluding carboxylic acids is 4. The Morgan fingerprint density at radius 1 is 0.329 bits per heavy atom. The molecule has 0 radical (unpaired) electrons. The molecule has 0 fully saturated rings. The molecular formula is C63H122O17P2. The quantitative estimate of drug-likeness (QED) is 0.0222. The third-order valence-corrected chi connectivity index (χ3v) is 16.4. The standard InChI is InChI=1S/C63H122O17P2/c1-6-9-12-15-18-21-24-25-26-29-32-39-44-49-63(68)79-58(52-73-60(65)46-41-36-30-27-22-19-16-13-10-7-2)54-77-81(69,70)75-50-57(64)51-76-82(71,72)78-55-59(53-74-61(66)47-42-37-34-33-35-40-45-56(4)5)80-62(67)48-43-38-31-28-23-20-17-14-11-8-3/h56-59,64H,6-55H2,1-5H3,(H,69,70)(H,71,72)/t57-,58-,59-/m1/s1. The van der Waals surface area contributed by atoms with Crippen LogP contribution in [0.15, 0.2) is 0 Å². The van der Waals surface area contributed by atoms with Crippen molar-refractivity contribution in [3.8, 4) is 0 Å². The molecule has 0 aliphatic rings. The minimum Gasteiger partial charge on any atom is -0.462 e. The molecule has 0 saturated carbocycles. The molecule has 17 nitrogen and oxygen atoms in total. The van der Waals surface area contributed by atoms with Gasteiger partial charge in [-0.3, -0.25) is 37.3 Å². The van der Waals surface area contributed by atoms with Gasteiger partial charge in [0.25, 0.3) is 0 Å². The normalized spacial score (nSPS) is 14.3. The van der Waals surface area contributed by atoms with E-state index in [0.29, 0.717) is 31.6 Å². The number of aliphatic hydroxyl groups excluding tert-OH is 1. The molecule has 0 saturated heterocycles. The van der Waals surface area contributed by atoms with Gasteiger partial charge in [-0.05, 0) is 31.6 Å². The first-order valence-electron chi connectivity index (χ1n) is 33.1. The molecule has 0 aromatic carbocycles. The Bertz CT molecular complexity index is 1600. The predicted octanol–water partition coefficient (Wildman–Crippen LogP) is 17.4. The smallest absolute Gasteiger partial charge is 0.462 e. The van der Waals surface area contributed by atoms with Crippen molar-refractivity contribution in [2.75, 3.05) is 39.6 Å². The highest BCUT2D eigenvalue weighted by Crippen LogP contribution is 2.45. The second-order valence-corrected chi connectivity index (χ2v) is 26.2. The number of hydrogen-bond donors (Lipinski definition) is 3. The molecule has 0 aliphatic carbocycles. The average molecular weight is 1210 g/mol. The molecule has 0 heterocycles. The third-order valence-electron chi connectivity index (χ3n) is 14.5. The highest BCUT2D eigenvalue weighted by Gasteiger charge is 2.30. The van der Waals surface area contributed by atoms with Crippen LogP contribution in [0.4, 0.5) is 0 Å². The van der Waals surface area contributed by atoms with Crippen LogP contribution in [-0.2, 0) is 65.4 Å². The van der Waals surface area contributed by atoms with Gasteiger partial charge in [-0.1, -0.05) is 266 Å². The van der Waals surface area contributed by atoms with E-state index in [4.69, 9.17) is 37.0 Å². The van der Waals surface area contributed by atoms with E-state index >= 15 is 0 Å². The fourth-order valence-electron chi connectivity index (χ4n) is 9.41. The summed E-state index contributed by atoms with van der Waals surface area (Å²) in [5.41, 5.74) is 0. The van der Waals surface area contributed by atoms with E-state index < -0.39 is 97.5 Å². The maximum atomic E-state index is 13.0. The van der Waals surface area contributed by atoms with Gasteiger partial charge >= 0.3 is 39.5 Å². The molecule has 19 heteroatoms. The zero-order valence-electron chi connectivity index (χ0n) is 52.6. The molecule has 2 unspecified atom stereocenters. The summed E-state index contributed by atoms with van der Waals surface area (Å²) in [6.07, 6.45) is 40.3. The largest absolute Gasteiger partial charge is 0.472 e. The van der Waals surface area contributed by atoms with Gasteiger partial charge in [0.05, 0.1) is 26.4 Å². The molecule has 0 spiro atoms. The molecule has 0 aliphatic heterocycles. The lowest BCUT2D eigenvalue weighted by Crippen LogP contribution is -2.30.